The minimum atomic E-state index is -0.950. The fourth-order valence-electron chi connectivity index (χ4n) is 3.96. The second-order valence-electron chi connectivity index (χ2n) is 7.79. The molecule has 10 heteroatoms. The topological polar surface area (TPSA) is 144 Å². The Kier molecular flexibility index (Phi) is 6.37. The molecule has 1 aliphatic heterocycles. The summed E-state index contributed by atoms with van der Waals surface area (Å²) in [7, 11) is 4.28. The number of hydrogen-bond acceptors (Lipinski definition) is 10. The van der Waals surface area contributed by atoms with Crippen LogP contribution in [0.25, 0.3) is 0 Å². The van der Waals surface area contributed by atoms with Crippen LogP contribution >= 0.6 is 0 Å². The van der Waals surface area contributed by atoms with Gasteiger partial charge in [0.2, 0.25) is 5.75 Å². The fraction of sp³-hybridized carbons (Fsp3) is 0.240. The molecule has 0 amide bonds. The summed E-state index contributed by atoms with van der Waals surface area (Å²) in [5.41, 5.74) is 0.855. The van der Waals surface area contributed by atoms with Crippen LogP contribution in [0.5, 0.6) is 46.0 Å². The molecule has 0 saturated carbocycles. The normalized spacial score (nSPS) is 16.5. The van der Waals surface area contributed by atoms with Crippen molar-refractivity contribution in [2.24, 2.45) is 0 Å². The van der Waals surface area contributed by atoms with Gasteiger partial charge in [0.25, 0.3) is 0 Å². The molecule has 0 unspecified atom stereocenters. The monoisotopic (exact) mass is 484 g/mol. The van der Waals surface area contributed by atoms with Gasteiger partial charge in [-0.3, -0.25) is 0 Å². The number of esters is 1. The maximum absolute atomic E-state index is 13.2. The predicted octanol–water partition coefficient (Wildman–Crippen LogP) is 3.44. The van der Waals surface area contributed by atoms with Crippen molar-refractivity contribution in [3.63, 3.8) is 0 Å². The minimum Gasteiger partial charge on any atom is -0.508 e. The molecule has 4 N–H and O–H groups in total. The highest BCUT2D eigenvalue weighted by atomic mass is 16.6. The Morgan fingerprint density at radius 3 is 2.14 bits per heavy atom. The number of methoxy groups -OCH3 is 3. The van der Waals surface area contributed by atoms with Crippen LogP contribution < -0.4 is 18.9 Å². The first-order valence-corrected chi connectivity index (χ1v) is 10.5. The third kappa shape index (κ3) is 4.50. The third-order valence-electron chi connectivity index (χ3n) is 5.65. The summed E-state index contributed by atoms with van der Waals surface area (Å²) in [5, 5.41) is 39.9. The Morgan fingerprint density at radius 1 is 0.857 bits per heavy atom. The van der Waals surface area contributed by atoms with E-state index >= 15 is 0 Å². The quantitative estimate of drug-likeness (QED) is 0.303. The summed E-state index contributed by atoms with van der Waals surface area (Å²) in [6.45, 7) is 0. The van der Waals surface area contributed by atoms with E-state index in [0.717, 1.165) is 6.07 Å². The molecule has 0 bridgehead atoms. The Morgan fingerprint density at radius 2 is 1.54 bits per heavy atom. The summed E-state index contributed by atoms with van der Waals surface area (Å²) < 4.78 is 27.7. The number of fused-ring (bicyclic) bond motifs is 1. The van der Waals surface area contributed by atoms with Crippen LogP contribution in [0, 0.1) is 0 Å². The van der Waals surface area contributed by atoms with Crippen LogP contribution in [0.1, 0.15) is 27.6 Å². The summed E-state index contributed by atoms with van der Waals surface area (Å²) in [5.74, 6) is -0.843. The number of aromatic hydroxyl groups is 4. The number of carbonyl (C=O) groups is 1. The number of ether oxygens (including phenoxy) is 5. The second kappa shape index (κ2) is 9.41. The molecule has 0 saturated heterocycles. The van der Waals surface area contributed by atoms with Crippen LogP contribution in [-0.2, 0) is 11.2 Å². The van der Waals surface area contributed by atoms with Crippen molar-refractivity contribution in [2.75, 3.05) is 21.3 Å². The van der Waals surface area contributed by atoms with Crippen molar-refractivity contribution >= 4 is 5.97 Å². The van der Waals surface area contributed by atoms with Crippen LogP contribution in [0.15, 0.2) is 42.5 Å². The summed E-state index contributed by atoms with van der Waals surface area (Å²) in [6.07, 6.45) is -1.83. The zero-order chi connectivity index (χ0) is 25.3. The number of carbonyl (C=O) groups excluding carboxylic acids is 1. The molecule has 2 atom stereocenters. The van der Waals surface area contributed by atoms with E-state index in [1.807, 2.05) is 0 Å². The van der Waals surface area contributed by atoms with E-state index in [-0.39, 0.29) is 52.2 Å². The van der Waals surface area contributed by atoms with Crippen LogP contribution in [0.3, 0.4) is 0 Å². The zero-order valence-corrected chi connectivity index (χ0v) is 19.1. The summed E-state index contributed by atoms with van der Waals surface area (Å²) in [6, 6.07) is 9.45. The SMILES string of the molecule is COc1cc(C(=O)O[C@H]2Cc3c(O)cc(O)cc3O[C@@H]2c2ccc(O)c(O)c2)cc(OC)c1OC. The Balaban J connectivity index is 1.72. The summed E-state index contributed by atoms with van der Waals surface area (Å²) >= 11 is 0. The lowest BCUT2D eigenvalue weighted by Crippen LogP contribution is -2.34. The number of phenols is 4. The highest BCUT2D eigenvalue weighted by Gasteiger charge is 2.37. The molecule has 0 radical (unpaired) electrons. The van der Waals surface area contributed by atoms with Gasteiger partial charge >= 0.3 is 5.97 Å². The van der Waals surface area contributed by atoms with Crippen molar-refractivity contribution in [1.82, 2.24) is 0 Å². The van der Waals surface area contributed by atoms with Crippen molar-refractivity contribution < 1.29 is 48.9 Å². The molecule has 3 aromatic rings. The lowest BCUT2D eigenvalue weighted by atomic mass is 9.93. The van der Waals surface area contributed by atoms with Crippen molar-refractivity contribution in [3.05, 3.63) is 59.2 Å². The standard InChI is InChI=1S/C25H24O10/c1-31-20-7-13(8-21(32-2)24(20)33-3)25(30)35-22-11-15-17(28)9-14(26)10-19(15)34-23(22)12-4-5-16(27)18(29)6-12/h4-10,22-23,26-29H,11H2,1-3H3/t22-,23+/m0/s1. The van der Waals surface area contributed by atoms with Crippen LogP contribution in [-0.4, -0.2) is 53.8 Å². The Labute approximate surface area is 200 Å². The van der Waals surface area contributed by atoms with Gasteiger partial charge in [-0.1, -0.05) is 6.07 Å². The Hall–Kier alpha value is -4.47. The minimum absolute atomic E-state index is 0.0456. The molecule has 184 valence electrons. The number of hydrogen-bond donors (Lipinski definition) is 4. The first-order valence-electron chi connectivity index (χ1n) is 10.5. The van der Waals surface area contributed by atoms with E-state index in [2.05, 4.69) is 0 Å². The molecular weight excluding hydrogens is 460 g/mol. The van der Waals surface area contributed by atoms with Crippen LogP contribution in [0.4, 0.5) is 0 Å². The maximum Gasteiger partial charge on any atom is 0.338 e. The van der Waals surface area contributed by atoms with Crippen molar-refractivity contribution in [3.8, 4) is 46.0 Å². The molecule has 0 aromatic heterocycles. The lowest BCUT2D eigenvalue weighted by Gasteiger charge is -2.34. The largest absolute Gasteiger partial charge is 0.508 e. The first kappa shape index (κ1) is 23.7. The van der Waals surface area contributed by atoms with E-state index in [4.69, 9.17) is 23.7 Å². The summed E-state index contributed by atoms with van der Waals surface area (Å²) in [4.78, 5) is 13.2. The van der Waals surface area contributed by atoms with Gasteiger partial charge in [0, 0.05) is 29.7 Å². The van der Waals surface area contributed by atoms with Gasteiger partial charge in [0.1, 0.15) is 23.4 Å². The molecule has 1 heterocycles. The highest BCUT2D eigenvalue weighted by molar-refractivity contribution is 5.91. The molecule has 35 heavy (non-hydrogen) atoms. The van der Waals surface area contributed by atoms with E-state index in [9.17, 15) is 25.2 Å². The fourth-order valence-corrected chi connectivity index (χ4v) is 3.96. The molecular formula is C25H24O10. The highest BCUT2D eigenvalue weighted by Crippen LogP contribution is 2.44. The molecule has 10 nitrogen and oxygen atoms in total. The number of rotatable bonds is 6. The second-order valence-corrected chi connectivity index (χ2v) is 7.79. The molecule has 0 spiro atoms. The van der Waals surface area contributed by atoms with E-state index in [1.54, 1.807) is 0 Å². The predicted molar refractivity (Wildman–Crippen MR) is 122 cm³/mol. The maximum atomic E-state index is 13.2. The third-order valence-corrected chi connectivity index (χ3v) is 5.65. The molecule has 0 fully saturated rings. The van der Waals surface area contributed by atoms with E-state index < -0.39 is 18.2 Å². The molecule has 3 aromatic carbocycles. The zero-order valence-electron chi connectivity index (χ0n) is 19.1. The van der Waals surface area contributed by atoms with Gasteiger partial charge in [-0.2, -0.15) is 0 Å². The van der Waals surface area contributed by atoms with E-state index in [0.29, 0.717) is 16.9 Å². The van der Waals surface area contributed by atoms with Gasteiger partial charge in [0.05, 0.1) is 26.9 Å². The van der Waals surface area contributed by atoms with Crippen molar-refractivity contribution in [2.45, 2.75) is 18.6 Å². The van der Waals surface area contributed by atoms with Gasteiger partial charge in [-0.25, -0.2) is 4.79 Å². The Bertz CT molecular complexity index is 1240. The number of benzene rings is 3. The van der Waals surface area contributed by atoms with E-state index in [1.165, 1.54) is 57.7 Å². The van der Waals surface area contributed by atoms with Gasteiger partial charge < -0.3 is 44.1 Å². The van der Waals surface area contributed by atoms with Crippen molar-refractivity contribution in [1.29, 1.82) is 0 Å². The van der Waals surface area contributed by atoms with Gasteiger partial charge in [-0.15, -0.1) is 0 Å². The number of phenolic OH excluding ortho intramolecular Hbond substituents is 4. The van der Waals surface area contributed by atoms with Crippen LogP contribution in [0.2, 0.25) is 0 Å². The molecule has 1 aliphatic rings. The first-order chi connectivity index (χ1) is 16.7. The van der Waals surface area contributed by atoms with Gasteiger partial charge in [0.15, 0.2) is 29.1 Å². The average Bonchev–Trinajstić information content (AvgIpc) is 2.84. The lowest BCUT2D eigenvalue weighted by molar-refractivity contribution is -0.0189. The molecule has 4 rings (SSSR count). The van der Waals surface area contributed by atoms with Gasteiger partial charge in [-0.05, 0) is 24.3 Å². The smallest absolute Gasteiger partial charge is 0.338 e. The molecule has 0 aliphatic carbocycles. The average molecular weight is 484 g/mol.